The second-order valence-corrected chi connectivity index (χ2v) is 5.26. The fraction of sp³-hybridized carbons (Fsp3) is 0.125. The van der Waals surface area contributed by atoms with E-state index in [0.717, 1.165) is 10.0 Å². The molecular formula is C8H7ClN4S2. The van der Waals surface area contributed by atoms with Gasteiger partial charge in [0.1, 0.15) is 10.2 Å². The highest BCUT2D eigenvalue weighted by Crippen LogP contribution is 2.30. The molecule has 0 aliphatic heterocycles. The number of hydrogen-bond donors (Lipinski definition) is 1. The number of nitrogens with zero attached hydrogens (tertiary/aromatic N) is 3. The predicted octanol–water partition coefficient (Wildman–Crippen LogP) is 2.63. The van der Waals surface area contributed by atoms with Crippen LogP contribution in [0.2, 0.25) is 5.15 Å². The molecule has 2 rings (SSSR count). The fourth-order valence-corrected chi connectivity index (χ4v) is 2.98. The van der Waals surface area contributed by atoms with Gasteiger partial charge < -0.3 is 5.73 Å². The second kappa shape index (κ2) is 4.34. The van der Waals surface area contributed by atoms with Crippen molar-refractivity contribution in [2.45, 2.75) is 16.3 Å². The highest BCUT2D eigenvalue weighted by Gasteiger charge is 2.05. The Hall–Kier alpha value is -0.850. The van der Waals surface area contributed by atoms with Crippen LogP contribution < -0.4 is 5.73 Å². The molecule has 15 heavy (non-hydrogen) atoms. The topological polar surface area (TPSA) is 64.7 Å². The van der Waals surface area contributed by atoms with Gasteiger partial charge in [-0.25, -0.2) is 15.0 Å². The van der Waals surface area contributed by atoms with Crippen molar-refractivity contribution in [3.05, 3.63) is 22.3 Å². The molecule has 2 aromatic heterocycles. The molecular weight excluding hydrogens is 252 g/mol. The Morgan fingerprint density at radius 3 is 2.80 bits per heavy atom. The summed E-state index contributed by atoms with van der Waals surface area (Å²) in [5.74, 6) is 0.179. The van der Waals surface area contributed by atoms with Crippen molar-refractivity contribution in [2.24, 2.45) is 0 Å². The first-order valence-corrected chi connectivity index (χ1v) is 6.11. The van der Waals surface area contributed by atoms with Crippen LogP contribution in [0.25, 0.3) is 0 Å². The maximum absolute atomic E-state index is 5.76. The first kappa shape index (κ1) is 10.7. The lowest BCUT2D eigenvalue weighted by molar-refractivity contribution is 1.06. The van der Waals surface area contributed by atoms with Crippen LogP contribution in [0.5, 0.6) is 0 Å². The summed E-state index contributed by atoms with van der Waals surface area (Å²) in [7, 11) is 0. The van der Waals surface area contributed by atoms with E-state index in [1.807, 2.05) is 12.3 Å². The first-order valence-electron chi connectivity index (χ1n) is 4.03. The van der Waals surface area contributed by atoms with Gasteiger partial charge in [-0.2, -0.15) is 0 Å². The third-order valence-electron chi connectivity index (χ3n) is 1.48. The minimum Gasteiger partial charge on any atom is -0.368 e. The normalized spacial score (nSPS) is 10.5. The number of aryl methyl sites for hydroxylation is 1. The van der Waals surface area contributed by atoms with Gasteiger partial charge in [0.25, 0.3) is 0 Å². The van der Waals surface area contributed by atoms with E-state index < -0.39 is 0 Å². The van der Waals surface area contributed by atoms with E-state index in [1.165, 1.54) is 11.8 Å². The maximum atomic E-state index is 5.76. The van der Waals surface area contributed by atoms with Gasteiger partial charge in [-0.15, -0.1) is 11.3 Å². The van der Waals surface area contributed by atoms with Gasteiger partial charge in [-0.05, 0) is 18.7 Å². The quantitative estimate of drug-likeness (QED) is 0.839. The zero-order valence-corrected chi connectivity index (χ0v) is 10.2. The van der Waals surface area contributed by atoms with Crippen LogP contribution in [-0.2, 0) is 0 Å². The SMILES string of the molecule is Cc1csc(Sc2cc(Cl)nc(N)n2)n1. The first-order chi connectivity index (χ1) is 7.13. The largest absolute Gasteiger partial charge is 0.368 e. The van der Waals surface area contributed by atoms with Gasteiger partial charge in [0.05, 0.1) is 0 Å². The van der Waals surface area contributed by atoms with E-state index in [4.69, 9.17) is 17.3 Å². The molecule has 7 heteroatoms. The van der Waals surface area contributed by atoms with Gasteiger partial charge in [0.15, 0.2) is 4.34 Å². The molecule has 0 radical (unpaired) electrons. The lowest BCUT2D eigenvalue weighted by Crippen LogP contribution is -1.95. The second-order valence-electron chi connectivity index (χ2n) is 2.74. The fourth-order valence-electron chi connectivity index (χ4n) is 0.935. The maximum Gasteiger partial charge on any atom is 0.222 e. The molecule has 0 saturated carbocycles. The number of hydrogen-bond acceptors (Lipinski definition) is 6. The summed E-state index contributed by atoms with van der Waals surface area (Å²) in [5.41, 5.74) is 6.48. The molecule has 2 aromatic rings. The smallest absolute Gasteiger partial charge is 0.222 e. The Morgan fingerprint density at radius 1 is 1.40 bits per heavy atom. The van der Waals surface area contributed by atoms with Crippen molar-refractivity contribution < 1.29 is 0 Å². The summed E-state index contributed by atoms with van der Waals surface area (Å²) < 4.78 is 0.918. The number of aromatic nitrogens is 3. The van der Waals surface area contributed by atoms with E-state index in [-0.39, 0.29) is 5.95 Å². The monoisotopic (exact) mass is 258 g/mol. The predicted molar refractivity (Wildman–Crippen MR) is 62.4 cm³/mol. The number of nitrogen functional groups attached to an aromatic ring is 1. The van der Waals surface area contributed by atoms with Gasteiger partial charge in [-0.3, -0.25) is 0 Å². The Balaban J connectivity index is 2.24. The van der Waals surface area contributed by atoms with Crippen molar-refractivity contribution in [1.82, 2.24) is 15.0 Å². The number of rotatable bonds is 2. The highest BCUT2D eigenvalue weighted by molar-refractivity contribution is 8.01. The summed E-state index contributed by atoms with van der Waals surface area (Å²) in [6.07, 6.45) is 0. The van der Waals surface area contributed by atoms with Crippen molar-refractivity contribution in [2.75, 3.05) is 5.73 Å². The van der Waals surface area contributed by atoms with E-state index in [1.54, 1.807) is 17.4 Å². The number of halogens is 1. The molecule has 0 atom stereocenters. The number of anilines is 1. The summed E-state index contributed by atoms with van der Waals surface area (Å²) in [6, 6.07) is 1.67. The van der Waals surface area contributed by atoms with Gasteiger partial charge in [0, 0.05) is 17.1 Å². The Bertz CT molecular complexity index is 465. The Morgan fingerprint density at radius 2 is 2.20 bits per heavy atom. The minimum atomic E-state index is 0.179. The average molecular weight is 259 g/mol. The van der Waals surface area contributed by atoms with Crippen molar-refractivity contribution in [3.8, 4) is 0 Å². The van der Waals surface area contributed by atoms with Crippen LogP contribution in [0, 0.1) is 6.92 Å². The van der Waals surface area contributed by atoms with E-state index in [9.17, 15) is 0 Å². The Kier molecular flexibility index (Phi) is 3.08. The molecule has 2 heterocycles. The third-order valence-corrected chi connectivity index (χ3v) is 3.65. The summed E-state index contributed by atoms with van der Waals surface area (Å²) in [6.45, 7) is 1.95. The molecule has 2 N–H and O–H groups in total. The molecule has 78 valence electrons. The van der Waals surface area contributed by atoms with Gasteiger partial charge >= 0.3 is 0 Å². The molecule has 0 unspecified atom stereocenters. The standard InChI is InChI=1S/C8H7ClN4S2/c1-4-3-14-8(11-4)15-6-2-5(9)12-7(10)13-6/h2-3H,1H3,(H2,10,12,13). The molecule has 0 saturated heterocycles. The molecule has 0 aromatic carbocycles. The molecule has 4 nitrogen and oxygen atoms in total. The van der Waals surface area contributed by atoms with Gasteiger partial charge in [-0.1, -0.05) is 11.6 Å². The molecule has 0 aliphatic carbocycles. The lowest BCUT2D eigenvalue weighted by atomic mass is 10.6. The molecule has 0 spiro atoms. The summed E-state index contributed by atoms with van der Waals surface area (Å²) in [5, 5.41) is 3.04. The average Bonchev–Trinajstić information content (AvgIpc) is 2.49. The number of thiazole rings is 1. The van der Waals surface area contributed by atoms with E-state index >= 15 is 0 Å². The zero-order valence-electron chi connectivity index (χ0n) is 7.77. The van der Waals surface area contributed by atoms with Crippen LogP contribution in [0.15, 0.2) is 20.8 Å². The van der Waals surface area contributed by atoms with Crippen molar-refractivity contribution in [3.63, 3.8) is 0 Å². The number of nitrogens with two attached hydrogens (primary N) is 1. The van der Waals surface area contributed by atoms with Crippen LogP contribution in [-0.4, -0.2) is 15.0 Å². The minimum absolute atomic E-state index is 0.179. The molecule has 0 aliphatic rings. The highest BCUT2D eigenvalue weighted by atomic mass is 35.5. The van der Waals surface area contributed by atoms with Crippen molar-refractivity contribution in [1.29, 1.82) is 0 Å². The van der Waals surface area contributed by atoms with Crippen LogP contribution >= 0.6 is 34.7 Å². The van der Waals surface area contributed by atoms with Crippen LogP contribution in [0.3, 0.4) is 0 Å². The summed E-state index contributed by atoms with van der Waals surface area (Å²) >= 11 is 8.75. The van der Waals surface area contributed by atoms with Crippen LogP contribution in [0.1, 0.15) is 5.69 Å². The molecule has 0 bridgehead atoms. The van der Waals surface area contributed by atoms with E-state index in [0.29, 0.717) is 10.2 Å². The summed E-state index contributed by atoms with van der Waals surface area (Å²) in [4.78, 5) is 12.1. The van der Waals surface area contributed by atoms with Gasteiger partial charge in [0.2, 0.25) is 5.95 Å². The third kappa shape index (κ3) is 2.80. The zero-order chi connectivity index (χ0) is 10.8. The van der Waals surface area contributed by atoms with Crippen LogP contribution in [0.4, 0.5) is 5.95 Å². The van der Waals surface area contributed by atoms with E-state index in [2.05, 4.69) is 15.0 Å². The lowest BCUT2D eigenvalue weighted by Gasteiger charge is -1.98. The molecule has 0 amide bonds. The molecule has 0 fully saturated rings. The van der Waals surface area contributed by atoms with Crippen molar-refractivity contribution >= 4 is 40.6 Å². The Labute approximate surface area is 99.9 Å².